The first-order valence-electron chi connectivity index (χ1n) is 6.27. The summed E-state index contributed by atoms with van der Waals surface area (Å²) in [5, 5.41) is 9.52. The number of rotatable bonds is 4. The van der Waals surface area contributed by atoms with Gasteiger partial charge in [-0.25, -0.2) is 9.59 Å². The molecule has 2 rings (SSSR count). The number of hydrogen-bond acceptors (Lipinski definition) is 4. The molecule has 0 aromatic heterocycles. The number of methoxy groups -OCH3 is 2. The normalized spacial score (nSPS) is 10.1. The van der Waals surface area contributed by atoms with Crippen molar-refractivity contribution < 1.29 is 24.2 Å². The van der Waals surface area contributed by atoms with Gasteiger partial charge in [-0.05, 0) is 35.9 Å². The Labute approximate surface area is 132 Å². The van der Waals surface area contributed by atoms with Gasteiger partial charge in [0.15, 0.2) is 0 Å². The van der Waals surface area contributed by atoms with E-state index in [9.17, 15) is 9.59 Å². The second-order valence-corrected chi connectivity index (χ2v) is 4.81. The molecule has 0 radical (unpaired) electrons. The van der Waals surface area contributed by atoms with Gasteiger partial charge in [0.1, 0.15) is 11.3 Å². The highest BCUT2D eigenvalue weighted by Crippen LogP contribution is 2.33. The summed E-state index contributed by atoms with van der Waals surface area (Å²) in [6, 6.07) is 9.32. The maximum atomic E-state index is 11.6. The van der Waals surface area contributed by atoms with Gasteiger partial charge >= 0.3 is 11.9 Å². The summed E-state index contributed by atoms with van der Waals surface area (Å²) < 4.78 is 9.77. The molecule has 0 heterocycles. The number of halogens is 1. The third-order valence-electron chi connectivity index (χ3n) is 3.13. The molecule has 1 N–H and O–H groups in total. The quantitative estimate of drug-likeness (QED) is 0.873. The second kappa shape index (κ2) is 6.49. The van der Waals surface area contributed by atoms with Gasteiger partial charge in [0, 0.05) is 10.6 Å². The van der Waals surface area contributed by atoms with Gasteiger partial charge in [-0.3, -0.25) is 0 Å². The number of esters is 1. The van der Waals surface area contributed by atoms with E-state index in [1.54, 1.807) is 30.3 Å². The van der Waals surface area contributed by atoms with E-state index in [0.717, 1.165) is 0 Å². The smallest absolute Gasteiger partial charge is 0.339 e. The first-order valence-corrected chi connectivity index (χ1v) is 6.65. The van der Waals surface area contributed by atoms with Crippen LogP contribution in [0.2, 0.25) is 5.02 Å². The Morgan fingerprint density at radius 2 is 1.82 bits per heavy atom. The monoisotopic (exact) mass is 320 g/mol. The molecule has 0 saturated carbocycles. The number of aromatic carboxylic acids is 1. The molecule has 0 saturated heterocycles. The molecule has 6 heteroatoms. The summed E-state index contributed by atoms with van der Waals surface area (Å²) in [6.07, 6.45) is 0. The maximum absolute atomic E-state index is 11.6. The van der Waals surface area contributed by atoms with Crippen LogP contribution in [0.3, 0.4) is 0 Å². The molecule has 22 heavy (non-hydrogen) atoms. The zero-order valence-electron chi connectivity index (χ0n) is 11.9. The van der Waals surface area contributed by atoms with Gasteiger partial charge in [-0.1, -0.05) is 17.7 Å². The number of carboxylic acids is 1. The van der Waals surface area contributed by atoms with E-state index >= 15 is 0 Å². The second-order valence-electron chi connectivity index (χ2n) is 4.41. The van der Waals surface area contributed by atoms with E-state index in [1.807, 2.05) is 0 Å². The number of carbonyl (C=O) groups excluding carboxylic acids is 1. The van der Waals surface area contributed by atoms with Crippen LogP contribution in [0.15, 0.2) is 36.4 Å². The predicted octanol–water partition coefficient (Wildman–Crippen LogP) is 3.50. The molecule has 0 unspecified atom stereocenters. The average molecular weight is 321 g/mol. The molecule has 0 aliphatic heterocycles. The molecule has 114 valence electrons. The highest BCUT2D eigenvalue weighted by Gasteiger charge is 2.15. The Balaban J connectivity index is 2.56. The van der Waals surface area contributed by atoms with Crippen LogP contribution in [0, 0.1) is 0 Å². The SMILES string of the molecule is COC(=O)c1ccc(Cl)c(-c2ccc(C(=O)O)c(OC)c2)c1. The summed E-state index contributed by atoms with van der Waals surface area (Å²) in [6.45, 7) is 0. The Kier molecular flexibility index (Phi) is 4.68. The van der Waals surface area contributed by atoms with Gasteiger partial charge in [0.2, 0.25) is 0 Å². The van der Waals surface area contributed by atoms with Crippen molar-refractivity contribution in [1.82, 2.24) is 0 Å². The highest BCUT2D eigenvalue weighted by atomic mass is 35.5. The van der Waals surface area contributed by atoms with Gasteiger partial charge in [0.05, 0.1) is 19.8 Å². The Morgan fingerprint density at radius 1 is 1.09 bits per heavy atom. The third kappa shape index (κ3) is 3.04. The minimum Gasteiger partial charge on any atom is -0.496 e. The summed E-state index contributed by atoms with van der Waals surface area (Å²) in [4.78, 5) is 22.7. The fraction of sp³-hybridized carbons (Fsp3) is 0.125. The van der Waals surface area contributed by atoms with Crippen molar-refractivity contribution in [3.63, 3.8) is 0 Å². The van der Waals surface area contributed by atoms with Crippen LogP contribution in [0.25, 0.3) is 11.1 Å². The zero-order valence-corrected chi connectivity index (χ0v) is 12.7. The average Bonchev–Trinajstić information content (AvgIpc) is 2.53. The third-order valence-corrected chi connectivity index (χ3v) is 3.46. The van der Waals surface area contributed by atoms with E-state index in [0.29, 0.717) is 21.7 Å². The van der Waals surface area contributed by atoms with Crippen molar-refractivity contribution in [2.75, 3.05) is 14.2 Å². The molecule has 0 spiro atoms. The summed E-state index contributed by atoms with van der Waals surface area (Å²) in [5.41, 5.74) is 1.62. The summed E-state index contributed by atoms with van der Waals surface area (Å²) in [7, 11) is 2.68. The first kappa shape index (κ1) is 15.9. The molecule has 0 aliphatic carbocycles. The van der Waals surface area contributed by atoms with Crippen LogP contribution in [-0.4, -0.2) is 31.3 Å². The van der Waals surface area contributed by atoms with Crippen molar-refractivity contribution in [3.05, 3.63) is 52.5 Å². The highest BCUT2D eigenvalue weighted by molar-refractivity contribution is 6.33. The van der Waals surface area contributed by atoms with Crippen molar-refractivity contribution in [3.8, 4) is 16.9 Å². The fourth-order valence-electron chi connectivity index (χ4n) is 2.03. The van der Waals surface area contributed by atoms with Crippen LogP contribution < -0.4 is 4.74 Å². The molecule has 0 aliphatic rings. The summed E-state index contributed by atoms with van der Waals surface area (Å²) in [5.74, 6) is -1.35. The lowest BCUT2D eigenvalue weighted by Gasteiger charge is -2.10. The summed E-state index contributed by atoms with van der Waals surface area (Å²) >= 11 is 6.17. The van der Waals surface area contributed by atoms with Crippen molar-refractivity contribution in [1.29, 1.82) is 0 Å². The molecule has 0 bridgehead atoms. The number of carbonyl (C=O) groups is 2. The number of hydrogen-bond donors (Lipinski definition) is 1. The van der Waals surface area contributed by atoms with Crippen molar-refractivity contribution in [2.45, 2.75) is 0 Å². The number of ether oxygens (including phenoxy) is 2. The van der Waals surface area contributed by atoms with Gasteiger partial charge in [-0.2, -0.15) is 0 Å². The largest absolute Gasteiger partial charge is 0.496 e. The lowest BCUT2D eigenvalue weighted by Crippen LogP contribution is -2.02. The Hall–Kier alpha value is -2.53. The molecular formula is C16H13ClO5. The first-order chi connectivity index (χ1) is 10.5. The van der Waals surface area contributed by atoms with Crippen molar-refractivity contribution in [2.24, 2.45) is 0 Å². The molecule has 2 aromatic rings. The van der Waals surface area contributed by atoms with Gasteiger partial charge < -0.3 is 14.6 Å². The van der Waals surface area contributed by atoms with E-state index in [4.69, 9.17) is 21.4 Å². The van der Waals surface area contributed by atoms with E-state index in [2.05, 4.69) is 4.74 Å². The van der Waals surface area contributed by atoms with E-state index in [-0.39, 0.29) is 11.3 Å². The maximum Gasteiger partial charge on any atom is 0.339 e. The van der Waals surface area contributed by atoms with Crippen LogP contribution in [0.5, 0.6) is 5.75 Å². The van der Waals surface area contributed by atoms with Crippen LogP contribution in [-0.2, 0) is 4.74 Å². The molecule has 5 nitrogen and oxygen atoms in total. The lowest BCUT2D eigenvalue weighted by atomic mass is 10.0. The van der Waals surface area contributed by atoms with Crippen LogP contribution >= 0.6 is 11.6 Å². The number of carboxylic acid groups (broad SMARTS) is 1. The molecule has 0 amide bonds. The standard InChI is InChI=1S/C16H13ClO5/c1-21-14-8-9(3-5-11(14)15(18)19)12-7-10(16(20)22-2)4-6-13(12)17/h3-8H,1-2H3,(H,18,19). The molecule has 0 atom stereocenters. The minimum absolute atomic E-state index is 0.0477. The van der Waals surface area contributed by atoms with E-state index in [1.165, 1.54) is 20.3 Å². The predicted molar refractivity (Wildman–Crippen MR) is 81.7 cm³/mol. The topological polar surface area (TPSA) is 72.8 Å². The zero-order chi connectivity index (χ0) is 16.3. The molecule has 2 aromatic carbocycles. The van der Waals surface area contributed by atoms with Crippen LogP contribution in [0.4, 0.5) is 0 Å². The Morgan fingerprint density at radius 3 is 2.41 bits per heavy atom. The molecular weight excluding hydrogens is 308 g/mol. The van der Waals surface area contributed by atoms with Crippen LogP contribution in [0.1, 0.15) is 20.7 Å². The minimum atomic E-state index is -1.09. The lowest BCUT2D eigenvalue weighted by molar-refractivity contribution is 0.0600. The van der Waals surface area contributed by atoms with Gasteiger partial charge in [0.25, 0.3) is 0 Å². The molecule has 0 fully saturated rings. The van der Waals surface area contributed by atoms with Gasteiger partial charge in [-0.15, -0.1) is 0 Å². The number of benzene rings is 2. The van der Waals surface area contributed by atoms with Crippen molar-refractivity contribution >= 4 is 23.5 Å². The Bertz CT molecular complexity index is 739. The fourth-order valence-corrected chi connectivity index (χ4v) is 2.25. The van der Waals surface area contributed by atoms with E-state index < -0.39 is 11.9 Å².